The van der Waals surface area contributed by atoms with Gasteiger partial charge in [-0.15, -0.1) is 6.07 Å². The van der Waals surface area contributed by atoms with Crippen molar-refractivity contribution in [3.8, 4) is 0 Å². The summed E-state index contributed by atoms with van der Waals surface area (Å²) in [5.74, 6) is -0.613. The minimum atomic E-state index is -0.843. The fourth-order valence-corrected chi connectivity index (χ4v) is 4.71. The van der Waals surface area contributed by atoms with Crippen molar-refractivity contribution in [1.29, 1.82) is 0 Å². The molecule has 0 aliphatic rings. The summed E-state index contributed by atoms with van der Waals surface area (Å²) < 4.78 is 0. The molecule has 8 nitrogen and oxygen atoms in total. The Morgan fingerprint density at radius 2 is 1.63 bits per heavy atom. The van der Waals surface area contributed by atoms with E-state index in [1.54, 1.807) is 38.1 Å². The van der Waals surface area contributed by atoms with Gasteiger partial charge < -0.3 is 31.3 Å². The van der Waals surface area contributed by atoms with Crippen molar-refractivity contribution < 1.29 is 70.9 Å². The first-order valence-corrected chi connectivity index (χ1v) is 15.0. The molecule has 6 N–H and O–H groups in total. The molecule has 0 aliphatic carbocycles. The minimum absolute atomic E-state index is 0. The molecule has 0 radical (unpaired) electrons. The number of aryl methyl sites for hydroxylation is 2. The summed E-state index contributed by atoms with van der Waals surface area (Å²) in [5.41, 5.74) is 10.5. The Morgan fingerprint density at radius 3 is 2.26 bits per heavy atom. The van der Waals surface area contributed by atoms with Crippen molar-refractivity contribution in [3.63, 3.8) is 0 Å². The number of amides is 2. The van der Waals surface area contributed by atoms with E-state index in [1.807, 2.05) is 88.6 Å². The van der Waals surface area contributed by atoms with Crippen molar-refractivity contribution in [3.05, 3.63) is 129 Å². The standard InChI is InChI=1S/C34H33N3O4.C2H6.CH5N.K/c1-21-10-8-14-27(16-21)31(39)19-35-34(41)32-22(2)30(36-24(32)4)18-29(20-38)26-13-9-15-28(17-26)33(40)37-23(3)25-11-6-5-7-12-25;2*1-2;/h5-12,14-18,23,31,36,39H,19H2,1-4H3,(H,35,41)(H,37,40);1-2H3;2H2,1H3;/q-2;;;+1/b29-18+;;;. The number of H-pyrrole nitrogens is 1. The van der Waals surface area contributed by atoms with Gasteiger partial charge in [0.15, 0.2) is 0 Å². The zero-order valence-electron chi connectivity index (χ0n) is 28.1. The van der Waals surface area contributed by atoms with Gasteiger partial charge >= 0.3 is 51.4 Å². The molecule has 46 heavy (non-hydrogen) atoms. The molecule has 4 rings (SSSR count). The van der Waals surface area contributed by atoms with Crippen LogP contribution < -0.4 is 67.8 Å². The SMILES string of the molecule is CC.CN.Cc1cccc(C(O)CNC(=O)c2c(C)[nH]c(/C=C(\[C-]=O)c3[c-]ccc(C(=O)NC(C)c4ccccc4)c3)c2C)c1.[K+]. The Kier molecular flexibility index (Phi) is 18.5. The zero-order valence-corrected chi connectivity index (χ0v) is 31.2. The average molecular weight is 648 g/mol. The van der Waals surface area contributed by atoms with Gasteiger partial charge in [-0.25, -0.2) is 11.6 Å². The molecule has 2 atom stereocenters. The van der Waals surface area contributed by atoms with E-state index in [4.69, 9.17) is 0 Å². The summed E-state index contributed by atoms with van der Waals surface area (Å²) in [7, 11) is 1.50. The Labute approximate surface area is 315 Å². The monoisotopic (exact) mass is 647 g/mol. The third-order valence-corrected chi connectivity index (χ3v) is 6.99. The largest absolute Gasteiger partial charge is 1.00 e. The zero-order chi connectivity index (χ0) is 33.5. The molecule has 0 fully saturated rings. The molecule has 9 heteroatoms. The number of carbonyl (C=O) groups is 2. The Bertz CT molecular complexity index is 1600. The van der Waals surface area contributed by atoms with Crippen LogP contribution in [0.4, 0.5) is 0 Å². The second-order valence-corrected chi connectivity index (χ2v) is 10.1. The summed E-state index contributed by atoms with van der Waals surface area (Å²) >= 11 is 0. The molecule has 3 aromatic carbocycles. The molecule has 0 saturated heterocycles. The van der Waals surface area contributed by atoms with Gasteiger partial charge in [0.1, 0.15) is 0 Å². The van der Waals surface area contributed by atoms with Gasteiger partial charge in [0.25, 0.3) is 5.91 Å². The average Bonchev–Trinajstić information content (AvgIpc) is 3.36. The van der Waals surface area contributed by atoms with Gasteiger partial charge in [0, 0.05) is 18.5 Å². The molecule has 1 heterocycles. The van der Waals surface area contributed by atoms with Crippen LogP contribution in [0.25, 0.3) is 11.6 Å². The Balaban J connectivity index is 0.00000203. The molecule has 0 aliphatic heterocycles. The van der Waals surface area contributed by atoms with Crippen LogP contribution in [0.2, 0.25) is 0 Å². The van der Waals surface area contributed by atoms with Crippen LogP contribution in [-0.4, -0.2) is 41.8 Å². The third-order valence-electron chi connectivity index (χ3n) is 6.99. The number of carbonyl (C=O) groups excluding carboxylic acids is 3. The first-order valence-electron chi connectivity index (χ1n) is 15.0. The number of nitrogens with one attached hydrogen (secondary N) is 3. The normalized spacial score (nSPS) is 11.7. The topological polar surface area (TPSA) is 137 Å². The molecular weight excluding hydrogens is 604 g/mol. The number of aliphatic hydroxyl groups excluding tert-OH is 1. The van der Waals surface area contributed by atoms with E-state index in [1.165, 1.54) is 7.05 Å². The van der Waals surface area contributed by atoms with Gasteiger partial charge in [0.05, 0.1) is 17.7 Å². The number of nitrogens with two attached hydrogens (primary N) is 1. The second-order valence-electron chi connectivity index (χ2n) is 10.1. The fourth-order valence-electron chi connectivity index (χ4n) is 4.71. The van der Waals surface area contributed by atoms with E-state index in [-0.39, 0.29) is 81.4 Å². The van der Waals surface area contributed by atoms with Crippen LogP contribution >= 0.6 is 0 Å². The number of hydrogen-bond acceptors (Lipinski definition) is 5. The Morgan fingerprint density at radius 1 is 0.978 bits per heavy atom. The number of aromatic nitrogens is 1. The first kappa shape index (κ1) is 40.9. The molecule has 2 amide bonds. The first-order chi connectivity index (χ1) is 21.7. The summed E-state index contributed by atoms with van der Waals surface area (Å²) in [6, 6.07) is 24.8. The number of aromatic amines is 1. The quantitative estimate of drug-likeness (QED) is 0.102. The van der Waals surface area contributed by atoms with Crippen LogP contribution in [0.1, 0.15) is 92.8 Å². The molecule has 1 aromatic heterocycles. The molecular formula is C37H44KN4O4-. The molecule has 0 spiro atoms. The van der Waals surface area contributed by atoms with Gasteiger partial charge in [-0.05, 0) is 57.1 Å². The maximum absolute atomic E-state index is 13.0. The molecule has 4 aromatic rings. The summed E-state index contributed by atoms with van der Waals surface area (Å²) in [5, 5.41) is 16.3. The van der Waals surface area contributed by atoms with Gasteiger partial charge in [-0.1, -0.05) is 79.6 Å². The van der Waals surface area contributed by atoms with Crippen molar-refractivity contribution in [2.24, 2.45) is 5.73 Å². The van der Waals surface area contributed by atoms with Crippen LogP contribution in [-0.2, 0) is 4.79 Å². The van der Waals surface area contributed by atoms with Crippen LogP contribution in [0.5, 0.6) is 0 Å². The van der Waals surface area contributed by atoms with Crippen LogP contribution in [0.3, 0.4) is 0 Å². The fraction of sp³-hybridized carbons (Fsp3) is 0.270. The van der Waals surface area contributed by atoms with Crippen LogP contribution in [0, 0.1) is 26.8 Å². The Hall–Kier alpha value is -3.15. The van der Waals surface area contributed by atoms with Gasteiger partial charge in [0.2, 0.25) is 5.91 Å². The smallest absolute Gasteiger partial charge is 0.388 e. The second kappa shape index (κ2) is 20.9. The van der Waals surface area contributed by atoms with Crippen molar-refractivity contribution in [2.75, 3.05) is 13.6 Å². The molecule has 238 valence electrons. The van der Waals surface area contributed by atoms with Gasteiger partial charge in [-0.2, -0.15) is 18.2 Å². The van der Waals surface area contributed by atoms with E-state index in [0.29, 0.717) is 33.6 Å². The molecule has 0 bridgehead atoms. The van der Waals surface area contributed by atoms with Crippen molar-refractivity contribution in [2.45, 2.75) is 53.7 Å². The summed E-state index contributed by atoms with van der Waals surface area (Å²) in [6.45, 7) is 11.4. The van der Waals surface area contributed by atoms with E-state index < -0.39 is 6.10 Å². The number of aliphatic hydroxyl groups is 1. The maximum Gasteiger partial charge on any atom is 1.00 e. The predicted molar refractivity (Wildman–Crippen MR) is 181 cm³/mol. The molecule has 2 unspecified atom stereocenters. The van der Waals surface area contributed by atoms with Crippen molar-refractivity contribution in [1.82, 2.24) is 15.6 Å². The number of allylic oxidation sites excluding steroid dienone is 1. The van der Waals surface area contributed by atoms with Crippen molar-refractivity contribution >= 4 is 29.7 Å². The number of benzene rings is 3. The predicted octanol–water partition coefficient (Wildman–Crippen LogP) is 2.95. The molecule has 0 saturated carbocycles. The summed E-state index contributed by atoms with van der Waals surface area (Å²) in [4.78, 5) is 41.1. The van der Waals surface area contributed by atoms with Gasteiger partial charge in [-0.3, -0.25) is 15.2 Å². The van der Waals surface area contributed by atoms with E-state index >= 15 is 0 Å². The van der Waals surface area contributed by atoms with Crippen LogP contribution in [0.15, 0.2) is 72.8 Å². The number of rotatable bonds is 10. The summed E-state index contributed by atoms with van der Waals surface area (Å²) in [6.07, 6.45) is 2.69. The van der Waals surface area contributed by atoms with E-state index in [9.17, 15) is 19.5 Å². The minimum Gasteiger partial charge on any atom is -0.388 e. The van der Waals surface area contributed by atoms with E-state index in [0.717, 1.165) is 16.7 Å². The maximum atomic E-state index is 13.0. The third kappa shape index (κ3) is 11.3. The van der Waals surface area contributed by atoms with E-state index in [2.05, 4.69) is 27.4 Å². The number of hydrogen-bond donors (Lipinski definition) is 5.